The van der Waals surface area contributed by atoms with Gasteiger partial charge in [-0.15, -0.1) is 11.8 Å². The van der Waals surface area contributed by atoms with Crippen molar-refractivity contribution in [2.45, 2.75) is 55.4 Å². The van der Waals surface area contributed by atoms with E-state index in [1.165, 1.54) is 18.9 Å². The Kier molecular flexibility index (Phi) is 9.12. The van der Waals surface area contributed by atoms with Crippen LogP contribution < -0.4 is 15.4 Å². The van der Waals surface area contributed by atoms with Gasteiger partial charge < -0.3 is 20.1 Å². The van der Waals surface area contributed by atoms with Gasteiger partial charge in [-0.2, -0.15) is 0 Å². The predicted octanol–water partition coefficient (Wildman–Crippen LogP) is 4.80. The minimum Gasteiger partial charge on any atom is -0.490 e. The number of unbranched alkanes of at least 4 members (excludes halogenated alkanes) is 1. The minimum absolute atomic E-state index is 0.0760. The zero-order valence-corrected chi connectivity index (χ0v) is 22.6. The summed E-state index contributed by atoms with van der Waals surface area (Å²) in [6.45, 7) is 4.71. The van der Waals surface area contributed by atoms with Crippen LogP contribution in [0, 0.1) is 5.41 Å². The summed E-state index contributed by atoms with van der Waals surface area (Å²) in [7, 11) is -2.37. The number of methoxy groups -OCH3 is 1. The molecule has 2 N–H and O–H groups in total. The Balaban J connectivity index is 2.16. The quantitative estimate of drug-likeness (QED) is 0.352. The van der Waals surface area contributed by atoms with Crippen molar-refractivity contribution in [3.63, 3.8) is 0 Å². The van der Waals surface area contributed by atoms with Crippen molar-refractivity contribution in [2.24, 2.45) is 11.1 Å². The van der Waals surface area contributed by atoms with E-state index >= 15 is 0 Å². The Morgan fingerprint density at radius 1 is 1.23 bits per heavy atom. The Morgan fingerprint density at radius 2 is 1.94 bits per heavy atom. The van der Waals surface area contributed by atoms with Crippen molar-refractivity contribution in [1.29, 1.82) is 0 Å². The molecule has 0 bridgehead atoms. The number of ether oxygens (including phenoxy) is 2. The summed E-state index contributed by atoms with van der Waals surface area (Å²) in [5, 5.41) is 0. The molecule has 2 atom stereocenters. The molecule has 0 radical (unpaired) electrons. The molecule has 0 saturated heterocycles. The number of rotatable bonds is 10. The molecule has 1 aliphatic heterocycles. The number of carbonyl (C=O) groups is 1. The van der Waals surface area contributed by atoms with E-state index in [4.69, 9.17) is 10.5 Å². The lowest BCUT2D eigenvalue weighted by molar-refractivity contribution is -0.142. The van der Waals surface area contributed by atoms with Crippen molar-refractivity contribution < 1.29 is 22.7 Å². The molecule has 2 aromatic rings. The number of benzene rings is 2. The second-order valence-corrected chi connectivity index (χ2v) is 11.9. The first-order chi connectivity index (χ1) is 16.7. The van der Waals surface area contributed by atoms with E-state index in [1.54, 1.807) is 6.07 Å². The predicted molar refractivity (Wildman–Crippen MR) is 141 cm³/mol. The number of hydrogen-bond acceptors (Lipinski definition) is 8. The molecule has 9 heteroatoms. The number of nitrogens with zero attached hydrogens (tertiary/aromatic N) is 1. The first-order valence-electron chi connectivity index (χ1n) is 11.9. The van der Waals surface area contributed by atoms with Crippen molar-refractivity contribution in [3.05, 3.63) is 42.5 Å². The fourth-order valence-corrected chi connectivity index (χ4v) is 7.27. The van der Waals surface area contributed by atoms with Gasteiger partial charge >= 0.3 is 5.97 Å². The summed E-state index contributed by atoms with van der Waals surface area (Å²) in [5.41, 5.74) is 7.07. The van der Waals surface area contributed by atoms with Crippen LogP contribution in [-0.2, 0) is 19.4 Å². The van der Waals surface area contributed by atoms with E-state index in [2.05, 4.69) is 23.5 Å². The Morgan fingerprint density at radius 3 is 2.54 bits per heavy atom. The van der Waals surface area contributed by atoms with Crippen LogP contribution >= 0.6 is 11.8 Å². The fourth-order valence-electron chi connectivity index (χ4n) is 4.54. The summed E-state index contributed by atoms with van der Waals surface area (Å²) in [4.78, 5) is 14.9. The monoisotopic (exact) mass is 520 g/mol. The van der Waals surface area contributed by atoms with Crippen LogP contribution in [0.1, 0.15) is 39.5 Å². The van der Waals surface area contributed by atoms with E-state index in [0.717, 1.165) is 36.3 Å². The number of hydrogen-bond donors (Lipinski definition) is 1. The highest BCUT2D eigenvalue weighted by Crippen LogP contribution is 2.47. The smallest absolute Gasteiger partial charge is 0.326 e. The maximum Gasteiger partial charge on any atom is 0.326 e. The van der Waals surface area contributed by atoms with Crippen molar-refractivity contribution >= 4 is 38.9 Å². The molecule has 35 heavy (non-hydrogen) atoms. The average molecular weight is 521 g/mol. The standard InChI is InChI=1S/C26H36N2O5S2/c1-5-7-13-26(6-2)17-28(19-11-9-8-10-12-19)21-14-23(34-4)22(15-24(21)35(30,31)18-26)33-16-20(27)25(29)32-3/h8-12,14-15,20H,5-7,13,16-18,27H2,1-4H3/t20-,26?/m0/s1. The third-order valence-corrected chi connectivity index (χ3v) is 9.41. The van der Waals surface area contributed by atoms with Gasteiger partial charge in [-0.25, -0.2) is 8.42 Å². The van der Waals surface area contributed by atoms with Gasteiger partial charge in [0.1, 0.15) is 18.4 Å². The molecular formula is C26H36N2O5S2. The summed E-state index contributed by atoms with van der Waals surface area (Å²) in [6, 6.07) is 12.4. The lowest BCUT2D eigenvalue weighted by Crippen LogP contribution is -2.37. The van der Waals surface area contributed by atoms with Crippen molar-refractivity contribution in [1.82, 2.24) is 0 Å². The maximum absolute atomic E-state index is 13.9. The zero-order chi connectivity index (χ0) is 25.6. The highest BCUT2D eigenvalue weighted by molar-refractivity contribution is 7.98. The van der Waals surface area contributed by atoms with Gasteiger partial charge in [0.25, 0.3) is 0 Å². The molecule has 1 heterocycles. The Labute approximate surface area is 213 Å². The van der Waals surface area contributed by atoms with Crippen molar-refractivity contribution in [2.75, 3.05) is 37.2 Å². The third-order valence-electron chi connectivity index (χ3n) is 6.66. The van der Waals surface area contributed by atoms with Crippen LogP contribution in [0.5, 0.6) is 5.75 Å². The highest BCUT2D eigenvalue weighted by atomic mass is 32.2. The second-order valence-electron chi connectivity index (χ2n) is 9.05. The molecule has 1 unspecified atom stereocenters. The molecule has 0 fully saturated rings. The molecule has 0 saturated carbocycles. The lowest BCUT2D eigenvalue weighted by Gasteiger charge is -2.36. The SMILES string of the molecule is CCCCC1(CC)CN(c2ccccc2)c2cc(SC)c(OC[C@H](N)C(=O)OC)cc2S(=O)(=O)C1. The summed E-state index contributed by atoms with van der Waals surface area (Å²) < 4.78 is 38.3. The van der Waals surface area contributed by atoms with Crippen molar-refractivity contribution in [3.8, 4) is 5.75 Å². The highest BCUT2D eigenvalue weighted by Gasteiger charge is 2.42. The molecular weight excluding hydrogens is 484 g/mol. The van der Waals surface area contributed by atoms with E-state index in [0.29, 0.717) is 18.0 Å². The molecule has 7 nitrogen and oxygen atoms in total. The van der Waals surface area contributed by atoms with Gasteiger partial charge in [0, 0.05) is 23.7 Å². The normalized spacial score (nSPS) is 20.0. The number of fused-ring (bicyclic) bond motifs is 1. The first-order valence-corrected chi connectivity index (χ1v) is 14.8. The van der Waals surface area contributed by atoms with Gasteiger partial charge in [0.15, 0.2) is 9.84 Å². The Bertz CT molecular complexity index is 1120. The molecule has 192 valence electrons. The largest absolute Gasteiger partial charge is 0.490 e. The molecule has 0 aliphatic carbocycles. The average Bonchev–Trinajstić information content (AvgIpc) is 2.97. The van der Waals surface area contributed by atoms with Gasteiger partial charge in [0.2, 0.25) is 0 Å². The number of esters is 1. The molecule has 3 rings (SSSR count). The lowest BCUT2D eigenvalue weighted by atomic mass is 9.81. The number of anilines is 2. The Hall–Kier alpha value is -2.23. The number of thioether (sulfide) groups is 1. The number of para-hydroxylation sites is 1. The van der Waals surface area contributed by atoms with E-state index in [1.807, 2.05) is 42.7 Å². The van der Waals surface area contributed by atoms with Gasteiger partial charge in [-0.1, -0.05) is 44.9 Å². The van der Waals surface area contributed by atoms with Gasteiger partial charge in [-0.3, -0.25) is 4.79 Å². The second kappa shape index (κ2) is 11.7. The topological polar surface area (TPSA) is 98.9 Å². The van der Waals surface area contributed by atoms with Crippen LogP contribution in [0.3, 0.4) is 0 Å². The summed E-state index contributed by atoms with van der Waals surface area (Å²) >= 11 is 1.45. The molecule has 0 spiro atoms. The van der Waals surface area contributed by atoms with E-state index in [-0.39, 0.29) is 22.7 Å². The number of nitrogens with two attached hydrogens (primary N) is 1. The van der Waals surface area contributed by atoms with E-state index in [9.17, 15) is 13.2 Å². The van der Waals surface area contributed by atoms with Crippen LogP contribution in [0.25, 0.3) is 0 Å². The third kappa shape index (κ3) is 6.13. The molecule has 0 amide bonds. The van der Waals surface area contributed by atoms with Gasteiger partial charge in [-0.05, 0) is 37.3 Å². The van der Waals surface area contributed by atoms with E-state index < -0.39 is 21.8 Å². The van der Waals surface area contributed by atoms with Crippen LogP contribution in [0.4, 0.5) is 11.4 Å². The molecule has 0 aromatic heterocycles. The van der Waals surface area contributed by atoms with Crippen LogP contribution in [0.15, 0.2) is 52.3 Å². The zero-order valence-electron chi connectivity index (χ0n) is 21.0. The molecule has 1 aliphatic rings. The van der Waals surface area contributed by atoms with Gasteiger partial charge in [0.05, 0.1) is 28.3 Å². The fraction of sp³-hybridized carbons (Fsp3) is 0.500. The minimum atomic E-state index is -3.63. The summed E-state index contributed by atoms with van der Waals surface area (Å²) in [6.07, 6.45) is 5.48. The maximum atomic E-state index is 13.9. The van der Waals surface area contributed by atoms with Crippen LogP contribution in [-0.4, -0.2) is 52.7 Å². The molecule has 2 aromatic carbocycles. The summed E-state index contributed by atoms with van der Waals surface area (Å²) in [5.74, 6) is -0.117. The first kappa shape index (κ1) is 27.4. The number of sulfone groups is 1. The van der Waals surface area contributed by atoms with Crippen LogP contribution in [0.2, 0.25) is 0 Å². The number of carbonyl (C=O) groups excluding carboxylic acids is 1.